The number of nitroso groups, excluding NO2 is 1. The van der Waals surface area contributed by atoms with E-state index in [-0.39, 0.29) is 16.8 Å². The van der Waals surface area contributed by atoms with Gasteiger partial charge in [-0.1, -0.05) is 0 Å². The fourth-order valence-electron chi connectivity index (χ4n) is 1.42. The monoisotopic (exact) mass is 365 g/mol. The van der Waals surface area contributed by atoms with Crippen LogP contribution in [-0.2, 0) is 35.5 Å². The molecule has 0 saturated heterocycles. The average Bonchev–Trinajstić information content (AvgIpc) is 3.13. The van der Waals surface area contributed by atoms with Gasteiger partial charge in [0.25, 0.3) is 0 Å². The van der Waals surface area contributed by atoms with Crippen LogP contribution in [0.1, 0.15) is 39.8 Å². The standard InChI is InChI=1S/2C7H12N2.CO.Co.NO/c2*1-7(2)9-5-4-8(3)6-9;1-2;;1-2/h2*4-5,7H,1-3H3;;;. The van der Waals surface area contributed by atoms with Crippen LogP contribution < -0.4 is 14.7 Å². The molecule has 0 N–H and O–H groups in total. The van der Waals surface area contributed by atoms with Crippen molar-refractivity contribution in [1.29, 1.82) is 0 Å². The number of hydrogen-bond acceptors (Lipinski definition) is 1. The topological polar surface area (TPSA) is 76.9 Å². The van der Waals surface area contributed by atoms with E-state index in [9.17, 15) is 0 Å². The van der Waals surface area contributed by atoms with Crippen LogP contribution in [-0.4, -0.2) is 9.13 Å². The predicted octanol–water partition coefficient (Wildman–Crippen LogP) is 0.900. The summed E-state index contributed by atoms with van der Waals surface area (Å²) in [7, 11) is 3.94. The minimum Gasteiger partial charge on any atom is -0.120 e. The van der Waals surface area contributed by atoms with E-state index in [1.165, 1.54) is 0 Å². The Balaban J connectivity index is -0.000000276. The summed E-state index contributed by atoms with van der Waals surface area (Å²) in [5, 5.41) is 0. The molecule has 0 aliphatic rings. The Hall–Kier alpha value is -1.73. The van der Waals surface area contributed by atoms with Crippen molar-refractivity contribution in [3.8, 4) is 0 Å². The minimum absolute atomic E-state index is 0. The largest absolute Gasteiger partial charge is 0.120 e. The SMILES string of the molecule is CC(C)n1[c-][n+](C)cc1.CC(C)n1[c-][n+](C)cc1.[C-]#[O+].[Co].[N]=O. The normalized spacial score (nSPS) is 8.61. The molecule has 0 aromatic carbocycles. The van der Waals surface area contributed by atoms with Crippen LogP contribution in [0.3, 0.4) is 0 Å². The summed E-state index contributed by atoms with van der Waals surface area (Å²) < 4.78 is 15.4. The molecule has 130 valence electrons. The molecule has 2 heterocycles. The van der Waals surface area contributed by atoms with Gasteiger partial charge in [0.2, 0.25) is 12.7 Å². The zero-order chi connectivity index (χ0) is 17.7. The Morgan fingerprint density at radius 1 is 0.913 bits per heavy atom. The number of aromatic nitrogens is 4. The summed E-state index contributed by atoms with van der Waals surface area (Å²) in [6.07, 6.45) is 14.2. The van der Waals surface area contributed by atoms with Crippen LogP contribution in [0, 0.1) is 24.2 Å². The number of imidazole rings is 2. The van der Waals surface area contributed by atoms with Crippen LogP contribution in [0.2, 0.25) is 0 Å². The molecule has 7 nitrogen and oxygen atoms in total. The van der Waals surface area contributed by atoms with Crippen molar-refractivity contribution in [2.75, 3.05) is 0 Å². The van der Waals surface area contributed by atoms with Gasteiger partial charge in [0.05, 0.1) is 26.2 Å². The molecule has 8 heteroatoms. The maximum absolute atomic E-state index is 7.50. The molecule has 0 aliphatic carbocycles. The molecular formula is C15H24CoN5O2. The number of hydrogen-bond donors (Lipinski definition) is 0. The molecule has 0 spiro atoms. The van der Waals surface area contributed by atoms with Gasteiger partial charge in [0, 0.05) is 16.8 Å². The molecular weight excluding hydrogens is 341 g/mol. The first-order valence-electron chi connectivity index (χ1n) is 6.70. The van der Waals surface area contributed by atoms with E-state index < -0.39 is 0 Å². The molecule has 2 aromatic rings. The van der Waals surface area contributed by atoms with Gasteiger partial charge in [0.1, 0.15) is 5.59 Å². The van der Waals surface area contributed by atoms with E-state index >= 15 is 0 Å². The minimum atomic E-state index is 0. The summed E-state index contributed by atoms with van der Waals surface area (Å²) in [4.78, 5) is 7.25. The molecule has 2 rings (SSSR count). The van der Waals surface area contributed by atoms with Gasteiger partial charge in [-0.05, 0) is 52.5 Å². The fraction of sp³-hybridized carbons (Fsp3) is 0.533. The van der Waals surface area contributed by atoms with E-state index in [2.05, 4.69) is 47.0 Å². The zero-order valence-corrected chi connectivity index (χ0v) is 15.4. The zero-order valence-electron chi connectivity index (χ0n) is 14.3. The Kier molecular flexibility index (Phi) is 17.3. The first kappa shape index (κ1) is 26.2. The Bertz CT molecular complexity index is 490. The van der Waals surface area contributed by atoms with E-state index in [1.54, 1.807) is 0 Å². The summed E-state index contributed by atoms with van der Waals surface area (Å²) in [6, 6.07) is 1.04. The molecule has 0 fully saturated rings. The first-order valence-corrected chi connectivity index (χ1v) is 6.70. The van der Waals surface area contributed by atoms with Crippen molar-refractivity contribution >= 4 is 0 Å². The smallest absolute Gasteiger partial charge is 0.120 e. The molecule has 23 heavy (non-hydrogen) atoms. The second-order valence-corrected chi connectivity index (χ2v) is 5.02. The second kappa shape index (κ2) is 15.2. The van der Waals surface area contributed by atoms with E-state index in [4.69, 9.17) is 15.2 Å². The third-order valence-electron chi connectivity index (χ3n) is 2.56. The van der Waals surface area contributed by atoms with E-state index in [0.29, 0.717) is 12.1 Å². The van der Waals surface area contributed by atoms with Crippen LogP contribution in [0.25, 0.3) is 0 Å². The number of rotatable bonds is 2. The second-order valence-electron chi connectivity index (χ2n) is 5.02. The maximum atomic E-state index is 7.50. The molecule has 0 bridgehead atoms. The Labute approximate surface area is 148 Å². The van der Waals surface area contributed by atoms with Crippen molar-refractivity contribution in [3.63, 3.8) is 0 Å². The molecule has 2 aromatic heterocycles. The summed E-state index contributed by atoms with van der Waals surface area (Å²) in [5.74, 6) is 0. The number of nitrogens with zero attached hydrogens (tertiary/aromatic N) is 5. The molecule has 0 atom stereocenters. The van der Waals surface area contributed by atoms with Crippen LogP contribution in [0.15, 0.2) is 24.8 Å². The predicted molar refractivity (Wildman–Crippen MR) is 79.1 cm³/mol. The van der Waals surface area contributed by atoms with Gasteiger partial charge < -0.3 is 18.3 Å². The van der Waals surface area contributed by atoms with Crippen LogP contribution in [0.5, 0.6) is 0 Å². The van der Waals surface area contributed by atoms with Crippen LogP contribution in [0.4, 0.5) is 0 Å². The van der Waals surface area contributed by atoms with Crippen molar-refractivity contribution < 1.29 is 30.6 Å². The van der Waals surface area contributed by atoms with Gasteiger partial charge >= 0.3 is 11.3 Å². The fourth-order valence-corrected chi connectivity index (χ4v) is 1.42. The molecule has 0 unspecified atom stereocenters. The number of aryl methyl sites for hydroxylation is 2. The Morgan fingerprint density at radius 2 is 1.17 bits per heavy atom. The molecule has 0 aliphatic heterocycles. The maximum Gasteiger partial charge on any atom is 0.120 e. The van der Waals surface area contributed by atoms with Gasteiger partial charge in [-0.15, -0.1) is 4.91 Å². The third-order valence-corrected chi connectivity index (χ3v) is 2.56. The summed E-state index contributed by atoms with van der Waals surface area (Å²) >= 11 is 0. The van der Waals surface area contributed by atoms with Crippen molar-refractivity contribution in [3.05, 3.63) is 49.0 Å². The van der Waals surface area contributed by atoms with Crippen molar-refractivity contribution in [2.45, 2.75) is 39.8 Å². The summed E-state index contributed by atoms with van der Waals surface area (Å²) in [6.45, 7) is 13.0. The quantitative estimate of drug-likeness (QED) is 0.443. The summed E-state index contributed by atoms with van der Waals surface area (Å²) in [5.41, 5.74) is 5.75. The van der Waals surface area contributed by atoms with Gasteiger partial charge in [-0.2, -0.15) is 0 Å². The molecule has 0 amide bonds. The van der Waals surface area contributed by atoms with Crippen LogP contribution >= 0.6 is 0 Å². The van der Waals surface area contributed by atoms with Gasteiger partial charge in [-0.3, -0.25) is 0 Å². The third kappa shape index (κ3) is 11.5. The van der Waals surface area contributed by atoms with E-state index in [1.807, 2.05) is 57.2 Å². The van der Waals surface area contributed by atoms with Gasteiger partial charge in [0.15, 0.2) is 0 Å². The molecule has 0 saturated carbocycles. The molecule has 2 radical (unpaired) electrons. The average molecular weight is 365 g/mol. The van der Waals surface area contributed by atoms with Crippen molar-refractivity contribution in [1.82, 2.24) is 14.7 Å². The van der Waals surface area contributed by atoms with E-state index in [0.717, 1.165) is 0 Å². The Morgan fingerprint density at radius 3 is 1.26 bits per heavy atom. The van der Waals surface area contributed by atoms with Gasteiger partial charge in [-0.25, -0.2) is 0 Å². The first-order chi connectivity index (χ1) is 10.4. The van der Waals surface area contributed by atoms with Crippen molar-refractivity contribution in [2.24, 2.45) is 14.1 Å².